The van der Waals surface area contributed by atoms with Crippen molar-refractivity contribution in [3.05, 3.63) is 24.7 Å². The topological polar surface area (TPSA) is 253 Å². The molecule has 10 unspecified atom stereocenters. The molecule has 3 aromatic rings. The van der Waals surface area contributed by atoms with Gasteiger partial charge >= 0.3 is 16.1 Å². The van der Waals surface area contributed by atoms with Gasteiger partial charge in [-0.15, -0.1) is 0 Å². The molecule has 242 valence electrons. The fourth-order valence-corrected chi connectivity index (χ4v) is 7.72. The lowest BCUT2D eigenvalue weighted by Crippen LogP contribution is -2.39. The van der Waals surface area contributed by atoms with E-state index in [-0.39, 0.29) is 29.2 Å². The number of hydrogen-bond donors (Lipinski definition) is 3. The molecular weight excluding hydrogens is 643 g/mol. The molecule has 0 amide bonds. The Morgan fingerprint density at radius 3 is 2.69 bits per heavy atom. The highest BCUT2D eigenvalue weighted by molar-refractivity contribution is 7.48. The van der Waals surface area contributed by atoms with Gasteiger partial charge in [-0.1, -0.05) is 0 Å². The number of rotatable bonds is 3. The zero-order valence-corrected chi connectivity index (χ0v) is 25.3. The lowest BCUT2D eigenvalue weighted by Gasteiger charge is -2.28. The molecule has 11 atom stereocenters. The first-order chi connectivity index (χ1) is 21.7. The molecule has 19 nitrogen and oxygen atoms in total. The van der Waals surface area contributed by atoms with Crippen LogP contribution in [0.25, 0.3) is 11.2 Å². The average molecular weight is 671 g/mol. The Morgan fingerprint density at radius 1 is 1.07 bits per heavy atom. The second kappa shape index (κ2) is 12.0. The number of aliphatic imine (C=N–C) groups is 1. The number of aromatic nitrogens is 6. The van der Waals surface area contributed by atoms with Gasteiger partial charge in [-0.25, -0.2) is 33.9 Å². The maximum Gasteiger partial charge on any atom is 0.475 e. The Kier molecular flexibility index (Phi) is 8.14. The molecule has 4 aliphatic rings. The number of ether oxygens (including phenoxy) is 2. The second-order valence-corrected chi connectivity index (χ2v) is 13.3. The first-order valence-corrected chi connectivity index (χ1v) is 16.4. The zero-order chi connectivity index (χ0) is 31.5. The number of fused-ring (bicyclic) bond motifs is 5. The molecule has 3 fully saturated rings. The van der Waals surface area contributed by atoms with Gasteiger partial charge in [0.25, 0.3) is 0 Å². The number of nitrogens with zero attached hydrogens (tertiary/aromatic N) is 7. The second-order valence-electron chi connectivity index (χ2n) is 10.6. The molecule has 7 rings (SSSR count). The van der Waals surface area contributed by atoms with Gasteiger partial charge in [0, 0.05) is 25.7 Å². The van der Waals surface area contributed by atoms with Crippen molar-refractivity contribution in [2.45, 2.75) is 55.4 Å². The number of aliphatic hydroxyl groups excluding tert-OH is 1. The van der Waals surface area contributed by atoms with Crippen molar-refractivity contribution in [1.82, 2.24) is 29.5 Å². The number of hydrogen-bond acceptors (Lipinski definition) is 18. The number of alkyl halides is 1. The summed E-state index contributed by atoms with van der Waals surface area (Å²) in [7, 11) is -6.82. The number of nitrogen functional groups attached to an aromatic ring is 2. The van der Waals surface area contributed by atoms with Gasteiger partial charge in [-0.2, -0.15) is 0 Å². The standard InChI is InChI=1S/C23H28FN9O10P2/c1-37-45(36)39-5-11-16(34)19(17(40-11)9-2-10-14(27-3-9)20(25)29-6-28-10)42-44(35)38-4-12-18(43-45)13(24)23(41-12)33-8-32-15-21(26)30-7-31-22(15)33/h3,6-9,11-13,16-19,23,34,44H,2,4-5H2,1H3,(H2,25,28,29)(H2,26,30,31)/t9?,11?,12?,13?,16?,17?,18?,19?,23-,45?/m1/s1. The number of anilines is 2. The van der Waals surface area contributed by atoms with Crippen LogP contribution in [-0.4, -0.2) is 104 Å². The highest BCUT2D eigenvalue weighted by atomic mass is 31.2. The van der Waals surface area contributed by atoms with Gasteiger partial charge in [0.1, 0.15) is 54.4 Å². The first kappa shape index (κ1) is 30.6. The third-order valence-corrected chi connectivity index (χ3v) is 10.2. The van der Waals surface area contributed by atoms with E-state index >= 15 is 4.39 Å². The Bertz CT molecular complexity index is 1700. The number of imidazole rings is 1. The Hall–Kier alpha value is -3.03. The van der Waals surface area contributed by atoms with Gasteiger partial charge in [0.2, 0.25) is 0 Å². The summed E-state index contributed by atoms with van der Waals surface area (Å²) in [5, 5.41) is 11.1. The SMILES string of the molecule is COP1(=O)OCC2OC(C3C=Nc4c(N)ncnc4C3)C(O[PH](=O)OCC3O[C@@H](n4cnc5c(N)ncnc54)C(F)C3O1)C2O. The van der Waals surface area contributed by atoms with E-state index in [2.05, 4.69) is 29.9 Å². The van der Waals surface area contributed by atoms with Crippen molar-refractivity contribution in [2.75, 3.05) is 31.8 Å². The van der Waals surface area contributed by atoms with Gasteiger partial charge in [-0.05, 0) is 0 Å². The summed E-state index contributed by atoms with van der Waals surface area (Å²) in [5.74, 6) is -0.239. The molecule has 0 spiro atoms. The summed E-state index contributed by atoms with van der Waals surface area (Å²) >= 11 is 0. The maximum atomic E-state index is 16.0. The van der Waals surface area contributed by atoms with Gasteiger partial charge in [0.05, 0.1) is 31.3 Å². The maximum absolute atomic E-state index is 16.0. The van der Waals surface area contributed by atoms with E-state index in [1.165, 1.54) is 23.5 Å². The molecule has 2 bridgehead atoms. The van der Waals surface area contributed by atoms with Crippen LogP contribution in [-0.2, 0) is 47.6 Å². The molecule has 0 aromatic carbocycles. The molecule has 22 heteroatoms. The molecule has 3 saturated heterocycles. The van der Waals surface area contributed by atoms with E-state index in [0.29, 0.717) is 11.4 Å². The molecule has 0 radical (unpaired) electrons. The van der Waals surface area contributed by atoms with Crippen LogP contribution < -0.4 is 11.5 Å². The lowest BCUT2D eigenvalue weighted by atomic mass is 9.91. The van der Waals surface area contributed by atoms with Crippen LogP contribution in [0.4, 0.5) is 21.7 Å². The summed E-state index contributed by atoms with van der Waals surface area (Å²) in [5.41, 5.74) is 13.1. The molecule has 5 N–H and O–H groups in total. The smallest absolute Gasteiger partial charge is 0.387 e. The van der Waals surface area contributed by atoms with Crippen LogP contribution in [0.1, 0.15) is 11.9 Å². The predicted octanol–water partition coefficient (Wildman–Crippen LogP) is 0.681. The van der Waals surface area contributed by atoms with Crippen molar-refractivity contribution >= 4 is 50.8 Å². The summed E-state index contributed by atoms with van der Waals surface area (Å²) in [6.07, 6.45) is -5.38. The number of phosphoric ester groups is 1. The fraction of sp³-hybridized carbons (Fsp3) is 0.565. The Balaban J connectivity index is 1.15. The third-order valence-electron chi connectivity index (χ3n) is 7.94. The number of phosphoric acid groups is 1. The molecular formula is C23H28FN9O10P2. The van der Waals surface area contributed by atoms with Gasteiger partial charge in [0.15, 0.2) is 29.7 Å². The minimum Gasteiger partial charge on any atom is -0.387 e. The Morgan fingerprint density at radius 2 is 1.87 bits per heavy atom. The van der Waals surface area contributed by atoms with Crippen molar-refractivity contribution in [2.24, 2.45) is 10.9 Å². The third kappa shape index (κ3) is 5.54. The van der Waals surface area contributed by atoms with Crippen LogP contribution >= 0.6 is 16.1 Å². The summed E-state index contributed by atoms with van der Waals surface area (Å²) in [4.78, 5) is 24.6. The monoisotopic (exact) mass is 671 g/mol. The van der Waals surface area contributed by atoms with Crippen molar-refractivity contribution in [3.8, 4) is 0 Å². The van der Waals surface area contributed by atoms with Crippen molar-refractivity contribution in [1.29, 1.82) is 0 Å². The molecule has 0 saturated carbocycles. The summed E-state index contributed by atoms with van der Waals surface area (Å²) in [6.45, 7) is -1.06. The normalized spacial score (nSPS) is 38.6. The van der Waals surface area contributed by atoms with E-state index in [0.717, 1.165) is 7.11 Å². The average Bonchev–Trinajstić information content (AvgIpc) is 3.69. The zero-order valence-electron chi connectivity index (χ0n) is 23.4. The quantitative estimate of drug-likeness (QED) is 0.324. The van der Waals surface area contributed by atoms with E-state index in [1.807, 2.05) is 0 Å². The van der Waals surface area contributed by atoms with Crippen molar-refractivity contribution < 1.29 is 50.7 Å². The fourth-order valence-electron chi connectivity index (χ4n) is 5.72. The minimum atomic E-state index is -4.51. The van der Waals surface area contributed by atoms with E-state index in [9.17, 15) is 14.2 Å². The molecule has 3 aromatic heterocycles. The van der Waals surface area contributed by atoms with Crippen LogP contribution in [0.3, 0.4) is 0 Å². The number of nitrogens with two attached hydrogens (primary N) is 2. The molecule has 0 aliphatic carbocycles. The van der Waals surface area contributed by atoms with Crippen LogP contribution in [0.2, 0.25) is 0 Å². The van der Waals surface area contributed by atoms with Crippen LogP contribution in [0, 0.1) is 5.92 Å². The lowest BCUT2D eigenvalue weighted by molar-refractivity contribution is -0.0532. The summed E-state index contributed by atoms with van der Waals surface area (Å²) < 4.78 is 83.4. The Labute approximate surface area is 254 Å². The van der Waals surface area contributed by atoms with Crippen LogP contribution in [0.15, 0.2) is 24.0 Å². The number of aliphatic hydroxyl groups is 1. The van der Waals surface area contributed by atoms with Crippen LogP contribution in [0.5, 0.6) is 0 Å². The highest BCUT2D eigenvalue weighted by Gasteiger charge is 2.54. The predicted molar refractivity (Wildman–Crippen MR) is 150 cm³/mol. The molecule has 45 heavy (non-hydrogen) atoms. The highest BCUT2D eigenvalue weighted by Crippen LogP contribution is 2.54. The van der Waals surface area contributed by atoms with E-state index in [4.69, 9.17) is 43.6 Å². The van der Waals surface area contributed by atoms with E-state index < -0.39 is 84.2 Å². The van der Waals surface area contributed by atoms with Gasteiger partial charge < -0.3 is 35.1 Å². The van der Waals surface area contributed by atoms with Gasteiger partial charge in [-0.3, -0.25) is 27.7 Å². The number of halogens is 1. The molecule has 4 aliphatic heterocycles. The van der Waals surface area contributed by atoms with E-state index in [1.54, 1.807) is 6.21 Å². The first-order valence-electron chi connectivity index (χ1n) is 13.7. The minimum absolute atomic E-state index is 0.0702. The van der Waals surface area contributed by atoms with Crippen molar-refractivity contribution in [3.63, 3.8) is 0 Å². The summed E-state index contributed by atoms with van der Waals surface area (Å²) in [6, 6.07) is 0. The largest absolute Gasteiger partial charge is 0.475 e. The molecule has 7 heterocycles.